The Morgan fingerprint density at radius 2 is 1.79 bits per heavy atom. The molecule has 5 nitrogen and oxygen atoms in total. The van der Waals surface area contributed by atoms with Crippen LogP contribution in [0.3, 0.4) is 0 Å². The van der Waals surface area contributed by atoms with E-state index in [9.17, 15) is 9.59 Å². The van der Waals surface area contributed by atoms with Crippen LogP contribution in [0.4, 0.5) is 5.69 Å². The smallest absolute Gasteiger partial charge is 0.228 e. The Balaban J connectivity index is 1.85. The molecule has 5 heteroatoms. The van der Waals surface area contributed by atoms with Crippen LogP contribution in [0, 0.1) is 12.3 Å². The summed E-state index contributed by atoms with van der Waals surface area (Å²) in [4.78, 5) is 28.7. The van der Waals surface area contributed by atoms with Crippen LogP contribution < -0.4 is 9.64 Å². The number of rotatable bonds is 3. The van der Waals surface area contributed by atoms with Gasteiger partial charge in [-0.25, -0.2) is 0 Å². The number of nitrogens with zero attached hydrogens (tertiary/aromatic N) is 2. The van der Waals surface area contributed by atoms with Gasteiger partial charge in [-0.2, -0.15) is 0 Å². The van der Waals surface area contributed by atoms with Crippen LogP contribution in [0.15, 0.2) is 42.5 Å². The van der Waals surface area contributed by atoms with Crippen molar-refractivity contribution >= 4 is 17.5 Å². The molecule has 0 atom stereocenters. The number of benzene rings is 2. The van der Waals surface area contributed by atoms with Crippen LogP contribution in [0.25, 0.3) is 0 Å². The van der Waals surface area contributed by atoms with Crippen LogP contribution in [-0.4, -0.2) is 29.9 Å². The van der Waals surface area contributed by atoms with Gasteiger partial charge in [-0.05, 0) is 36.8 Å². The Labute approximate surface area is 173 Å². The lowest BCUT2D eigenvalue weighted by Gasteiger charge is -2.28. The van der Waals surface area contributed by atoms with E-state index in [1.54, 1.807) is 11.8 Å². The van der Waals surface area contributed by atoms with E-state index in [4.69, 9.17) is 4.74 Å². The summed E-state index contributed by atoms with van der Waals surface area (Å²) in [7, 11) is 0. The summed E-state index contributed by atoms with van der Waals surface area (Å²) in [5.74, 6) is 0.914. The van der Waals surface area contributed by atoms with Crippen molar-refractivity contribution in [2.45, 2.75) is 47.7 Å². The molecule has 0 fully saturated rings. The highest BCUT2D eigenvalue weighted by molar-refractivity contribution is 5.91. The van der Waals surface area contributed by atoms with Crippen molar-refractivity contribution in [2.75, 3.05) is 18.1 Å². The third-order valence-electron chi connectivity index (χ3n) is 5.10. The first-order valence-electron chi connectivity index (χ1n) is 10.0. The minimum atomic E-state index is -0.432. The van der Waals surface area contributed by atoms with Crippen LogP contribution in [0.5, 0.6) is 5.75 Å². The second kappa shape index (κ2) is 8.27. The van der Waals surface area contributed by atoms with E-state index < -0.39 is 5.41 Å². The Bertz CT molecular complexity index is 897. The van der Waals surface area contributed by atoms with Crippen molar-refractivity contribution in [3.63, 3.8) is 0 Å². The van der Waals surface area contributed by atoms with E-state index in [-0.39, 0.29) is 11.8 Å². The average Bonchev–Trinajstić information content (AvgIpc) is 2.87. The highest BCUT2D eigenvalue weighted by Crippen LogP contribution is 2.28. The molecule has 0 saturated heterocycles. The van der Waals surface area contributed by atoms with Gasteiger partial charge in [0.25, 0.3) is 0 Å². The molecule has 2 amide bonds. The molecule has 0 N–H and O–H groups in total. The first kappa shape index (κ1) is 20.9. The normalized spacial score (nSPS) is 13.9. The topological polar surface area (TPSA) is 49.9 Å². The number of hydrogen-bond donors (Lipinski definition) is 0. The zero-order valence-electron chi connectivity index (χ0n) is 18.0. The predicted octanol–water partition coefficient (Wildman–Crippen LogP) is 4.32. The molecule has 0 unspecified atom stereocenters. The molecule has 1 aliphatic heterocycles. The number of fused-ring (bicyclic) bond motifs is 1. The van der Waals surface area contributed by atoms with Crippen molar-refractivity contribution in [3.8, 4) is 5.75 Å². The number of aryl methyl sites for hydroxylation is 1. The van der Waals surface area contributed by atoms with Crippen molar-refractivity contribution in [3.05, 3.63) is 59.2 Å². The fraction of sp³-hybridized carbons (Fsp3) is 0.417. The number of hydrogen-bond acceptors (Lipinski definition) is 3. The third kappa shape index (κ3) is 4.97. The van der Waals surface area contributed by atoms with Crippen LogP contribution >= 0.6 is 0 Å². The lowest BCUT2D eigenvalue weighted by molar-refractivity contribution is -0.140. The van der Waals surface area contributed by atoms with Gasteiger partial charge in [0.2, 0.25) is 11.8 Å². The lowest BCUT2D eigenvalue weighted by atomic mass is 9.94. The molecule has 0 bridgehead atoms. The number of amides is 2. The summed E-state index contributed by atoms with van der Waals surface area (Å²) < 4.78 is 5.87. The molecule has 1 aliphatic rings. The second-order valence-corrected chi connectivity index (χ2v) is 8.71. The summed E-state index contributed by atoms with van der Waals surface area (Å²) >= 11 is 0. The molecule has 1 heterocycles. The number of anilines is 1. The molecule has 2 aromatic carbocycles. The Hall–Kier alpha value is -2.82. The van der Waals surface area contributed by atoms with E-state index >= 15 is 0 Å². The van der Waals surface area contributed by atoms with Crippen LogP contribution in [0.2, 0.25) is 0 Å². The average molecular weight is 395 g/mol. The van der Waals surface area contributed by atoms with Crippen molar-refractivity contribution in [1.82, 2.24) is 4.90 Å². The summed E-state index contributed by atoms with van der Waals surface area (Å²) in [5, 5.41) is 0. The molecule has 29 heavy (non-hydrogen) atoms. The van der Waals surface area contributed by atoms with E-state index in [0.717, 1.165) is 28.1 Å². The molecule has 0 saturated carbocycles. The Morgan fingerprint density at radius 3 is 2.41 bits per heavy atom. The molecular weight excluding hydrogens is 364 g/mol. The highest BCUT2D eigenvalue weighted by atomic mass is 16.5. The predicted molar refractivity (Wildman–Crippen MR) is 115 cm³/mol. The SMILES string of the molecule is CC(=O)N(Cc1ccc2c(c1)CN(C(=O)C(C)(C)C)CCO2)c1ccc(C)cc1. The number of carbonyl (C=O) groups excluding carboxylic acids is 2. The summed E-state index contributed by atoms with van der Waals surface area (Å²) in [6.07, 6.45) is 0. The minimum absolute atomic E-state index is 0.00965. The second-order valence-electron chi connectivity index (χ2n) is 8.71. The lowest BCUT2D eigenvalue weighted by Crippen LogP contribution is -2.40. The van der Waals surface area contributed by atoms with Gasteiger partial charge in [0.1, 0.15) is 12.4 Å². The highest BCUT2D eigenvalue weighted by Gasteiger charge is 2.29. The fourth-order valence-electron chi connectivity index (χ4n) is 3.49. The number of carbonyl (C=O) groups is 2. The molecule has 0 spiro atoms. The first-order chi connectivity index (χ1) is 13.6. The molecule has 0 aliphatic carbocycles. The maximum absolute atomic E-state index is 12.8. The van der Waals surface area contributed by atoms with Gasteiger partial charge in [0.15, 0.2) is 0 Å². The number of ether oxygens (including phenoxy) is 1. The van der Waals surface area contributed by atoms with E-state index in [1.807, 2.05) is 75.1 Å². The molecular formula is C24H30N2O3. The van der Waals surface area contributed by atoms with Gasteiger partial charge in [-0.15, -0.1) is 0 Å². The van der Waals surface area contributed by atoms with Crippen molar-refractivity contribution in [1.29, 1.82) is 0 Å². The van der Waals surface area contributed by atoms with Crippen LogP contribution in [-0.2, 0) is 22.7 Å². The summed E-state index contributed by atoms with van der Waals surface area (Å²) in [6, 6.07) is 13.9. The first-order valence-corrected chi connectivity index (χ1v) is 10.0. The Morgan fingerprint density at radius 1 is 1.10 bits per heavy atom. The van der Waals surface area contributed by atoms with E-state index in [1.165, 1.54) is 0 Å². The van der Waals surface area contributed by atoms with Gasteiger partial charge in [-0.1, -0.05) is 44.5 Å². The Kier molecular flexibility index (Phi) is 5.96. The van der Waals surface area contributed by atoms with Gasteiger partial charge in [0, 0.05) is 30.1 Å². The zero-order chi connectivity index (χ0) is 21.2. The molecule has 2 aromatic rings. The zero-order valence-corrected chi connectivity index (χ0v) is 18.0. The van der Waals surface area contributed by atoms with E-state index in [2.05, 4.69) is 0 Å². The quantitative estimate of drug-likeness (QED) is 0.779. The van der Waals surface area contributed by atoms with Gasteiger partial charge in [-0.3, -0.25) is 9.59 Å². The standard InChI is InChI=1S/C24H30N2O3/c1-17-6-9-21(10-7-17)26(18(2)27)15-19-8-11-22-20(14-19)16-25(12-13-29-22)23(28)24(3,4)5/h6-11,14H,12-13,15-16H2,1-5H3. The fourth-order valence-corrected chi connectivity index (χ4v) is 3.49. The monoisotopic (exact) mass is 394 g/mol. The van der Waals surface area contributed by atoms with Gasteiger partial charge in [0.05, 0.1) is 13.1 Å². The largest absolute Gasteiger partial charge is 0.491 e. The summed E-state index contributed by atoms with van der Waals surface area (Å²) in [5.41, 5.74) is 3.58. The van der Waals surface area contributed by atoms with Gasteiger partial charge >= 0.3 is 0 Å². The minimum Gasteiger partial charge on any atom is -0.491 e. The van der Waals surface area contributed by atoms with Crippen molar-refractivity contribution in [2.24, 2.45) is 5.41 Å². The molecule has 154 valence electrons. The van der Waals surface area contributed by atoms with E-state index in [0.29, 0.717) is 26.2 Å². The van der Waals surface area contributed by atoms with Crippen LogP contribution in [0.1, 0.15) is 44.4 Å². The summed E-state index contributed by atoms with van der Waals surface area (Å²) in [6.45, 7) is 11.5. The molecule has 0 radical (unpaired) electrons. The van der Waals surface area contributed by atoms with Gasteiger partial charge < -0.3 is 14.5 Å². The molecule has 0 aromatic heterocycles. The maximum atomic E-state index is 12.8. The maximum Gasteiger partial charge on any atom is 0.228 e. The molecule has 3 rings (SSSR count). The van der Waals surface area contributed by atoms with Crippen molar-refractivity contribution < 1.29 is 14.3 Å². The third-order valence-corrected chi connectivity index (χ3v) is 5.10.